The molecule has 42 heavy (non-hydrogen) atoms. The first-order chi connectivity index (χ1) is 20.1. The zero-order valence-corrected chi connectivity index (χ0v) is 25.5. The highest BCUT2D eigenvalue weighted by Gasteiger charge is 2.43. The van der Waals surface area contributed by atoms with Crippen LogP contribution in [-0.4, -0.2) is 41.0 Å². The molecule has 2 N–H and O–H groups in total. The third-order valence-corrected chi connectivity index (χ3v) is 7.11. The first-order valence-corrected chi connectivity index (χ1v) is 14.6. The van der Waals surface area contributed by atoms with Gasteiger partial charge < -0.3 is 24.8 Å². The molecule has 0 aliphatic carbocycles. The molecule has 1 aliphatic heterocycles. The van der Waals surface area contributed by atoms with Crippen LogP contribution in [0.2, 0.25) is 0 Å². The normalized spacial score (nSPS) is 18.5. The van der Waals surface area contributed by atoms with E-state index in [0.29, 0.717) is 6.42 Å². The van der Waals surface area contributed by atoms with Crippen LogP contribution in [0.4, 0.5) is 14.4 Å². The number of hydrogen-bond donors (Lipinski definition) is 2. The van der Waals surface area contributed by atoms with Crippen molar-refractivity contribution >= 4 is 34.2 Å². The van der Waals surface area contributed by atoms with Crippen molar-refractivity contribution < 1.29 is 28.6 Å². The molecular weight excluding hydrogens is 602 g/mol. The van der Waals surface area contributed by atoms with Gasteiger partial charge in [0.2, 0.25) is 0 Å². The van der Waals surface area contributed by atoms with Gasteiger partial charge >= 0.3 is 18.3 Å². The SMILES string of the molecule is CC(C)(C)OC(=O)N1[C@@H](NC(=O)OCc2ccccc2)C[C@H](NC(=O)OCc2ccccc2)C[C@H]1c1ccc(Br)cc1. The molecule has 3 atom stereocenters. The lowest BCUT2D eigenvalue weighted by Crippen LogP contribution is -2.60. The van der Waals surface area contributed by atoms with Crippen LogP contribution in [0.1, 0.15) is 56.3 Å². The molecule has 3 aromatic rings. The van der Waals surface area contributed by atoms with E-state index in [1.54, 1.807) is 20.8 Å². The highest BCUT2D eigenvalue weighted by Crippen LogP contribution is 2.36. The van der Waals surface area contributed by atoms with Gasteiger partial charge in [0.1, 0.15) is 25.0 Å². The summed E-state index contributed by atoms with van der Waals surface area (Å²) in [7, 11) is 0. The number of alkyl carbamates (subject to hydrolysis) is 2. The first kappa shape index (κ1) is 30.9. The van der Waals surface area contributed by atoms with Gasteiger partial charge in [0.15, 0.2) is 0 Å². The maximum absolute atomic E-state index is 13.6. The van der Waals surface area contributed by atoms with E-state index in [1.165, 1.54) is 4.90 Å². The average molecular weight is 639 g/mol. The van der Waals surface area contributed by atoms with Crippen molar-refractivity contribution in [2.45, 2.75) is 70.7 Å². The topological polar surface area (TPSA) is 106 Å². The molecule has 0 saturated carbocycles. The maximum atomic E-state index is 13.6. The summed E-state index contributed by atoms with van der Waals surface area (Å²) in [5.41, 5.74) is 1.74. The van der Waals surface area contributed by atoms with Gasteiger partial charge in [-0.3, -0.25) is 4.90 Å². The summed E-state index contributed by atoms with van der Waals surface area (Å²) in [5, 5.41) is 5.77. The number of piperidine rings is 1. The van der Waals surface area contributed by atoms with Gasteiger partial charge in [-0.15, -0.1) is 0 Å². The number of rotatable bonds is 7. The fourth-order valence-corrected chi connectivity index (χ4v) is 4.97. The van der Waals surface area contributed by atoms with Gasteiger partial charge in [-0.2, -0.15) is 0 Å². The van der Waals surface area contributed by atoms with E-state index >= 15 is 0 Å². The van der Waals surface area contributed by atoms with Crippen molar-refractivity contribution in [3.8, 4) is 0 Å². The smallest absolute Gasteiger partial charge is 0.412 e. The van der Waals surface area contributed by atoms with Crippen LogP contribution >= 0.6 is 15.9 Å². The van der Waals surface area contributed by atoms with E-state index < -0.39 is 42.1 Å². The third-order valence-electron chi connectivity index (χ3n) is 6.58. The molecule has 10 heteroatoms. The predicted molar refractivity (Wildman–Crippen MR) is 161 cm³/mol. The van der Waals surface area contributed by atoms with Gasteiger partial charge in [-0.05, 0) is 56.0 Å². The molecule has 0 spiro atoms. The molecule has 0 radical (unpaired) electrons. The summed E-state index contributed by atoms with van der Waals surface area (Å²) in [6, 6.07) is 25.3. The molecule has 222 valence electrons. The van der Waals surface area contributed by atoms with Gasteiger partial charge in [0.05, 0.1) is 6.04 Å². The number of halogens is 1. The fraction of sp³-hybridized carbons (Fsp3) is 0.344. The molecular formula is C32H36BrN3O6. The summed E-state index contributed by atoms with van der Waals surface area (Å²) in [6.45, 7) is 5.54. The molecule has 1 fully saturated rings. The Balaban J connectivity index is 1.56. The minimum atomic E-state index is -0.843. The number of ether oxygens (including phenoxy) is 3. The summed E-state index contributed by atoms with van der Waals surface area (Å²) >= 11 is 3.46. The highest BCUT2D eigenvalue weighted by atomic mass is 79.9. The van der Waals surface area contributed by atoms with Crippen LogP contribution in [0.25, 0.3) is 0 Å². The summed E-state index contributed by atoms with van der Waals surface area (Å²) < 4.78 is 17.6. The number of nitrogens with zero attached hydrogens (tertiary/aromatic N) is 1. The Bertz CT molecular complexity index is 1330. The van der Waals surface area contributed by atoms with Crippen LogP contribution in [0.5, 0.6) is 0 Å². The number of nitrogens with one attached hydrogen (secondary N) is 2. The van der Waals surface area contributed by atoms with E-state index in [9.17, 15) is 14.4 Å². The summed E-state index contributed by atoms with van der Waals surface area (Å²) in [6.07, 6.45) is -2.13. The van der Waals surface area contributed by atoms with Gasteiger partial charge in [-0.25, -0.2) is 14.4 Å². The van der Waals surface area contributed by atoms with Crippen LogP contribution in [0.15, 0.2) is 89.4 Å². The zero-order chi connectivity index (χ0) is 30.1. The Morgan fingerprint density at radius 3 is 1.83 bits per heavy atom. The van der Waals surface area contributed by atoms with Crippen LogP contribution in [-0.2, 0) is 27.4 Å². The second-order valence-electron chi connectivity index (χ2n) is 11.1. The van der Waals surface area contributed by atoms with E-state index in [1.807, 2.05) is 84.9 Å². The molecule has 4 rings (SSSR count). The van der Waals surface area contributed by atoms with Gasteiger partial charge in [0.25, 0.3) is 0 Å². The second kappa shape index (κ2) is 14.2. The van der Waals surface area contributed by atoms with Crippen molar-refractivity contribution in [3.05, 3.63) is 106 Å². The molecule has 3 amide bonds. The van der Waals surface area contributed by atoms with E-state index in [2.05, 4.69) is 26.6 Å². The number of amides is 3. The first-order valence-electron chi connectivity index (χ1n) is 13.8. The monoisotopic (exact) mass is 637 g/mol. The third kappa shape index (κ3) is 9.24. The van der Waals surface area contributed by atoms with Gasteiger partial charge in [0, 0.05) is 16.9 Å². The van der Waals surface area contributed by atoms with E-state index in [4.69, 9.17) is 14.2 Å². The molecule has 0 unspecified atom stereocenters. The minimum absolute atomic E-state index is 0.0649. The van der Waals surface area contributed by atoms with Crippen molar-refractivity contribution in [1.29, 1.82) is 0 Å². The standard InChI is InChI=1S/C32H36BrN3O6/c1-32(2,3)42-31(39)36-27(24-14-16-25(33)17-15-24)18-26(34-29(37)40-20-22-10-6-4-7-11-22)19-28(36)35-30(38)41-21-23-12-8-5-9-13-23/h4-17,26-28H,18-21H2,1-3H3,(H,34,37)(H,35,38)/t26-,27+,28-/m1/s1. The second-order valence-corrected chi connectivity index (χ2v) is 12.0. The van der Waals surface area contributed by atoms with E-state index in [0.717, 1.165) is 21.2 Å². The summed E-state index contributed by atoms with van der Waals surface area (Å²) in [4.78, 5) is 40.9. The molecule has 0 aromatic heterocycles. The zero-order valence-electron chi connectivity index (χ0n) is 23.9. The Morgan fingerprint density at radius 2 is 1.31 bits per heavy atom. The lowest BCUT2D eigenvalue weighted by Gasteiger charge is -2.45. The number of likely N-dealkylation sites (tertiary alicyclic amines) is 1. The number of benzene rings is 3. The molecule has 1 aliphatic rings. The van der Waals surface area contributed by atoms with Crippen molar-refractivity contribution in [1.82, 2.24) is 15.5 Å². The Kier molecular flexibility index (Phi) is 10.5. The Labute approximate surface area is 254 Å². The Hall–Kier alpha value is -4.05. The molecule has 9 nitrogen and oxygen atoms in total. The lowest BCUT2D eigenvalue weighted by molar-refractivity contribution is -0.0164. The molecule has 1 heterocycles. The Morgan fingerprint density at radius 1 is 0.786 bits per heavy atom. The van der Waals surface area contributed by atoms with Crippen molar-refractivity contribution in [3.63, 3.8) is 0 Å². The molecule has 1 saturated heterocycles. The highest BCUT2D eigenvalue weighted by molar-refractivity contribution is 9.10. The van der Waals surface area contributed by atoms with Crippen LogP contribution in [0.3, 0.4) is 0 Å². The molecule has 3 aromatic carbocycles. The molecule has 0 bridgehead atoms. The van der Waals surface area contributed by atoms with Crippen molar-refractivity contribution in [2.75, 3.05) is 0 Å². The number of hydrogen-bond acceptors (Lipinski definition) is 6. The number of carbonyl (C=O) groups is 3. The largest absolute Gasteiger partial charge is 0.445 e. The lowest BCUT2D eigenvalue weighted by atomic mass is 9.90. The van der Waals surface area contributed by atoms with Crippen molar-refractivity contribution in [2.24, 2.45) is 0 Å². The van der Waals surface area contributed by atoms with Crippen LogP contribution in [0, 0.1) is 0 Å². The minimum Gasteiger partial charge on any atom is -0.445 e. The summed E-state index contributed by atoms with van der Waals surface area (Å²) in [5.74, 6) is 0. The van der Waals surface area contributed by atoms with Crippen LogP contribution < -0.4 is 10.6 Å². The quantitative estimate of drug-likeness (QED) is 0.268. The maximum Gasteiger partial charge on any atom is 0.412 e. The number of carbonyl (C=O) groups excluding carboxylic acids is 3. The average Bonchev–Trinajstić information content (AvgIpc) is 2.95. The fourth-order valence-electron chi connectivity index (χ4n) is 4.71. The van der Waals surface area contributed by atoms with E-state index in [-0.39, 0.29) is 19.6 Å². The van der Waals surface area contributed by atoms with Gasteiger partial charge in [-0.1, -0.05) is 88.7 Å². The predicted octanol–water partition coefficient (Wildman–Crippen LogP) is 7.07.